The number of nitrogens with one attached hydrogen (secondary N) is 1. The summed E-state index contributed by atoms with van der Waals surface area (Å²) in [4.78, 5) is 16.6. The van der Waals surface area contributed by atoms with Gasteiger partial charge in [0.2, 0.25) is 0 Å². The Kier molecular flexibility index (Phi) is 7.15. The molecule has 4 unspecified atom stereocenters. The summed E-state index contributed by atoms with van der Waals surface area (Å²) >= 11 is 0. The maximum atomic E-state index is 12.3. The van der Waals surface area contributed by atoms with E-state index in [1.807, 2.05) is 25.7 Å². The molecule has 2 rings (SSSR count). The number of hydrogen-bond acceptors (Lipinski definition) is 4. The molecule has 0 radical (unpaired) electrons. The second kappa shape index (κ2) is 8.72. The standard InChI is InChI=1S/C20H39N3O2/c1-15-13-22(6)16(2)12-18(15)21-10-9-17-8-7-11-23(14-17)19(24)25-20(3,4)5/h15-18,21H,7-14H2,1-6H3. The van der Waals surface area contributed by atoms with Gasteiger partial charge in [0.05, 0.1) is 0 Å². The highest BCUT2D eigenvalue weighted by Crippen LogP contribution is 2.23. The second-order valence-electron chi connectivity index (χ2n) is 9.29. The molecule has 4 atom stereocenters. The van der Waals surface area contributed by atoms with E-state index < -0.39 is 5.60 Å². The van der Waals surface area contributed by atoms with Crippen molar-refractivity contribution in [3.8, 4) is 0 Å². The van der Waals surface area contributed by atoms with Crippen molar-refractivity contribution in [2.45, 2.75) is 78.0 Å². The van der Waals surface area contributed by atoms with Crippen molar-refractivity contribution in [2.24, 2.45) is 11.8 Å². The van der Waals surface area contributed by atoms with E-state index in [9.17, 15) is 4.79 Å². The number of hydrogen-bond donors (Lipinski definition) is 1. The number of ether oxygens (including phenoxy) is 1. The highest BCUT2D eigenvalue weighted by Gasteiger charge is 2.30. The fourth-order valence-electron chi connectivity index (χ4n) is 4.09. The van der Waals surface area contributed by atoms with Crippen molar-refractivity contribution < 1.29 is 9.53 Å². The van der Waals surface area contributed by atoms with Gasteiger partial charge in [0.15, 0.2) is 0 Å². The van der Waals surface area contributed by atoms with Crippen LogP contribution in [0, 0.1) is 11.8 Å². The minimum absolute atomic E-state index is 0.150. The van der Waals surface area contributed by atoms with Crippen LogP contribution in [0.1, 0.15) is 60.3 Å². The van der Waals surface area contributed by atoms with Crippen molar-refractivity contribution in [3.63, 3.8) is 0 Å². The van der Waals surface area contributed by atoms with Gasteiger partial charge in [0, 0.05) is 31.7 Å². The van der Waals surface area contributed by atoms with Gasteiger partial charge >= 0.3 is 6.09 Å². The zero-order valence-electron chi connectivity index (χ0n) is 17.2. The van der Waals surface area contributed by atoms with Gasteiger partial charge in [-0.3, -0.25) is 0 Å². The van der Waals surface area contributed by atoms with E-state index in [0.717, 1.165) is 32.5 Å². The van der Waals surface area contributed by atoms with Crippen LogP contribution in [-0.2, 0) is 4.74 Å². The lowest BCUT2D eigenvalue weighted by atomic mass is 9.89. The summed E-state index contributed by atoms with van der Waals surface area (Å²) in [5, 5.41) is 3.79. The van der Waals surface area contributed by atoms with Crippen molar-refractivity contribution in [2.75, 3.05) is 33.2 Å². The second-order valence-corrected chi connectivity index (χ2v) is 9.29. The third kappa shape index (κ3) is 6.45. The highest BCUT2D eigenvalue weighted by molar-refractivity contribution is 5.68. The maximum absolute atomic E-state index is 12.3. The summed E-state index contributed by atoms with van der Waals surface area (Å²) in [6.45, 7) is 14.4. The van der Waals surface area contributed by atoms with Crippen LogP contribution in [0.3, 0.4) is 0 Å². The molecule has 2 aliphatic heterocycles. The molecule has 0 aromatic carbocycles. The monoisotopic (exact) mass is 353 g/mol. The summed E-state index contributed by atoms with van der Waals surface area (Å²) in [6, 6.07) is 1.28. The predicted octanol–water partition coefficient (Wildman–Crippen LogP) is 3.34. The van der Waals surface area contributed by atoms with Crippen LogP contribution < -0.4 is 5.32 Å². The average molecular weight is 354 g/mol. The third-order valence-electron chi connectivity index (χ3n) is 5.74. The van der Waals surface area contributed by atoms with Crippen LogP contribution in [-0.4, -0.2) is 66.8 Å². The molecular weight excluding hydrogens is 314 g/mol. The lowest BCUT2D eigenvalue weighted by Gasteiger charge is -2.40. The number of carbonyl (C=O) groups is 1. The average Bonchev–Trinajstić information content (AvgIpc) is 2.51. The number of likely N-dealkylation sites (tertiary alicyclic amines) is 2. The lowest BCUT2D eigenvalue weighted by molar-refractivity contribution is 0.0160. The first-order valence-corrected chi connectivity index (χ1v) is 10.1. The van der Waals surface area contributed by atoms with Gasteiger partial charge in [-0.1, -0.05) is 6.92 Å². The lowest BCUT2D eigenvalue weighted by Crippen LogP contribution is -2.51. The maximum Gasteiger partial charge on any atom is 0.410 e. The van der Waals surface area contributed by atoms with E-state index in [1.54, 1.807) is 0 Å². The molecule has 0 aliphatic carbocycles. The third-order valence-corrected chi connectivity index (χ3v) is 5.74. The molecular formula is C20H39N3O2. The number of carbonyl (C=O) groups excluding carboxylic acids is 1. The van der Waals surface area contributed by atoms with Gasteiger partial charge < -0.3 is 19.9 Å². The number of rotatable bonds is 4. The van der Waals surface area contributed by atoms with Crippen molar-refractivity contribution in [1.82, 2.24) is 15.1 Å². The molecule has 2 heterocycles. The van der Waals surface area contributed by atoms with Crippen LogP contribution in [0.4, 0.5) is 4.79 Å². The molecule has 2 aliphatic rings. The van der Waals surface area contributed by atoms with Gasteiger partial charge in [0.25, 0.3) is 0 Å². The van der Waals surface area contributed by atoms with Crippen LogP contribution in [0.25, 0.3) is 0 Å². The van der Waals surface area contributed by atoms with E-state index in [2.05, 4.69) is 31.1 Å². The fourth-order valence-corrected chi connectivity index (χ4v) is 4.09. The molecule has 25 heavy (non-hydrogen) atoms. The van der Waals surface area contributed by atoms with E-state index in [0.29, 0.717) is 23.9 Å². The van der Waals surface area contributed by atoms with Crippen molar-refractivity contribution >= 4 is 6.09 Å². The summed E-state index contributed by atoms with van der Waals surface area (Å²) in [7, 11) is 2.23. The summed E-state index contributed by atoms with van der Waals surface area (Å²) < 4.78 is 5.53. The van der Waals surface area contributed by atoms with Gasteiger partial charge in [-0.15, -0.1) is 0 Å². The molecule has 1 amide bonds. The fraction of sp³-hybridized carbons (Fsp3) is 0.950. The van der Waals surface area contributed by atoms with E-state index in [4.69, 9.17) is 4.74 Å². The smallest absolute Gasteiger partial charge is 0.410 e. The molecule has 0 aromatic heterocycles. The Bertz CT molecular complexity index is 435. The van der Waals surface area contributed by atoms with Gasteiger partial charge in [-0.05, 0) is 78.8 Å². The van der Waals surface area contributed by atoms with Gasteiger partial charge in [-0.25, -0.2) is 4.79 Å². The normalized spacial score (nSPS) is 31.8. The van der Waals surface area contributed by atoms with Crippen LogP contribution in [0.5, 0.6) is 0 Å². The minimum Gasteiger partial charge on any atom is -0.444 e. The summed E-state index contributed by atoms with van der Waals surface area (Å²) in [6.07, 6.45) is 4.54. The zero-order valence-corrected chi connectivity index (χ0v) is 17.2. The van der Waals surface area contributed by atoms with Crippen molar-refractivity contribution in [1.29, 1.82) is 0 Å². The molecule has 5 nitrogen and oxygen atoms in total. The topological polar surface area (TPSA) is 44.8 Å². The first-order chi connectivity index (χ1) is 11.7. The first-order valence-electron chi connectivity index (χ1n) is 10.1. The molecule has 0 aromatic rings. The van der Waals surface area contributed by atoms with Crippen LogP contribution in [0.15, 0.2) is 0 Å². The highest BCUT2D eigenvalue weighted by atomic mass is 16.6. The van der Waals surface area contributed by atoms with E-state index in [1.165, 1.54) is 19.4 Å². The summed E-state index contributed by atoms with van der Waals surface area (Å²) in [5.41, 5.74) is -0.410. The van der Waals surface area contributed by atoms with Gasteiger partial charge in [-0.2, -0.15) is 0 Å². The molecule has 0 saturated carbocycles. The van der Waals surface area contributed by atoms with E-state index in [-0.39, 0.29) is 6.09 Å². The van der Waals surface area contributed by atoms with Crippen LogP contribution >= 0.6 is 0 Å². The van der Waals surface area contributed by atoms with Crippen molar-refractivity contribution in [3.05, 3.63) is 0 Å². The van der Waals surface area contributed by atoms with E-state index >= 15 is 0 Å². The zero-order chi connectivity index (χ0) is 18.6. The Labute approximate surface area is 154 Å². The number of nitrogens with zero attached hydrogens (tertiary/aromatic N) is 2. The Morgan fingerprint density at radius 1 is 1.24 bits per heavy atom. The first kappa shape index (κ1) is 20.5. The molecule has 0 bridgehead atoms. The Hall–Kier alpha value is -0.810. The molecule has 1 N–H and O–H groups in total. The van der Waals surface area contributed by atoms with Gasteiger partial charge in [0.1, 0.15) is 5.60 Å². The Balaban J connectivity index is 1.73. The number of amides is 1. The summed E-state index contributed by atoms with van der Waals surface area (Å²) in [5.74, 6) is 1.29. The molecule has 146 valence electrons. The quantitative estimate of drug-likeness (QED) is 0.842. The number of piperidine rings is 2. The SMILES string of the molecule is CC1CN(C)C(C)CC1NCCC1CCCN(C(=O)OC(C)(C)C)C1. The van der Waals surface area contributed by atoms with Crippen LogP contribution in [0.2, 0.25) is 0 Å². The predicted molar refractivity (Wildman–Crippen MR) is 103 cm³/mol. The minimum atomic E-state index is -0.410. The Morgan fingerprint density at radius 3 is 2.64 bits per heavy atom. The molecule has 2 fully saturated rings. The Morgan fingerprint density at radius 2 is 1.96 bits per heavy atom. The molecule has 5 heteroatoms. The largest absolute Gasteiger partial charge is 0.444 e. The molecule has 2 saturated heterocycles. The molecule has 0 spiro atoms.